The molecule has 3 nitrogen and oxygen atoms in total. The number of unbranched alkanes of at least 4 members (excludes halogenated alkanes) is 2. The van der Waals surface area contributed by atoms with Crippen molar-refractivity contribution in [3.63, 3.8) is 0 Å². The minimum Gasteiger partial charge on any atom is -0.271 e. The van der Waals surface area contributed by atoms with Crippen LogP contribution < -0.4 is 11.1 Å². The Morgan fingerprint density at radius 1 is 0.490 bits per heavy atom. The normalized spacial score (nSPS) is 13.1. The molecule has 0 bridgehead atoms. The molecule has 1 atom stereocenters. The van der Waals surface area contributed by atoms with Crippen molar-refractivity contribution >= 4 is 64.6 Å². The highest BCUT2D eigenvalue weighted by Crippen LogP contribution is 2.54. The fourth-order valence-electron chi connectivity index (χ4n) is 9.57. The van der Waals surface area contributed by atoms with Gasteiger partial charge in [-0.15, -0.1) is 0 Å². The van der Waals surface area contributed by atoms with Crippen LogP contribution in [0, 0.1) is 0 Å². The lowest BCUT2D eigenvalue weighted by atomic mass is 9.87. The number of aromatic nitrogens is 1. The van der Waals surface area contributed by atoms with Gasteiger partial charge in [0.15, 0.2) is 0 Å². The zero-order chi connectivity index (χ0) is 35.0. The molecule has 0 aliphatic rings. The second kappa shape index (κ2) is 12.3. The van der Waals surface area contributed by atoms with Gasteiger partial charge in [0.1, 0.15) is 0 Å². The molecule has 0 radical (unpaired) electrons. The molecule has 0 spiro atoms. The summed E-state index contributed by atoms with van der Waals surface area (Å²) in [4.78, 5) is 29.8. The molecule has 0 saturated carbocycles. The van der Waals surface area contributed by atoms with E-state index in [0.717, 1.165) is 90.5 Å². The minimum absolute atomic E-state index is 0.123. The molecular formula is C48H45NO2. The van der Waals surface area contributed by atoms with Crippen LogP contribution in [0.3, 0.4) is 0 Å². The SMILES string of the molecule is CCCCc1ccccc1-c1cc2c3c(=O)n(C(CC)CCC)c(=O)c3c3cc(-c4ccccc4CCCC)c4ccc5ccc1c1c5c4c3c21. The quantitative estimate of drug-likeness (QED) is 0.122. The van der Waals surface area contributed by atoms with E-state index in [-0.39, 0.29) is 17.2 Å². The van der Waals surface area contributed by atoms with E-state index in [9.17, 15) is 9.59 Å². The maximum atomic E-state index is 14.9. The van der Waals surface area contributed by atoms with Gasteiger partial charge in [-0.05, 0) is 138 Å². The lowest BCUT2D eigenvalue weighted by molar-refractivity contribution is 0.433. The summed E-state index contributed by atoms with van der Waals surface area (Å²) in [5, 5.41) is 12.7. The molecule has 0 amide bonds. The lowest BCUT2D eigenvalue weighted by Gasteiger charge is -2.15. The number of nitrogens with zero attached hydrogens (tertiary/aromatic N) is 1. The van der Waals surface area contributed by atoms with Gasteiger partial charge in [-0.25, -0.2) is 0 Å². The van der Waals surface area contributed by atoms with E-state index in [4.69, 9.17) is 0 Å². The Hall–Kier alpha value is -5.02. The standard InChI is InChI=1S/C48H45NO2/c1-5-9-16-28-18-11-13-20-32(28)36-26-38-43-41-34(36)24-22-30-23-25-35-37(33-21-14-12-19-29(33)17-10-6-2)27-39(44(43)42(35)40(30)41)46-45(38)47(50)49(48(46)51)31(8-4)15-7-3/h11-14,18-27,31H,5-10,15-17H2,1-4H3. The first-order valence-corrected chi connectivity index (χ1v) is 19.3. The van der Waals surface area contributed by atoms with Gasteiger partial charge in [-0.3, -0.25) is 14.2 Å². The van der Waals surface area contributed by atoms with Crippen molar-refractivity contribution < 1.29 is 0 Å². The fourth-order valence-corrected chi connectivity index (χ4v) is 9.57. The molecule has 3 heteroatoms. The van der Waals surface area contributed by atoms with Crippen molar-refractivity contribution in [1.82, 2.24) is 4.57 Å². The Bertz CT molecular complexity index is 2640. The Balaban J connectivity index is 1.53. The lowest BCUT2D eigenvalue weighted by Crippen LogP contribution is -2.29. The van der Waals surface area contributed by atoms with Gasteiger partial charge >= 0.3 is 0 Å². The van der Waals surface area contributed by atoms with Gasteiger partial charge in [0.25, 0.3) is 11.1 Å². The first-order chi connectivity index (χ1) is 25.0. The van der Waals surface area contributed by atoms with Crippen LogP contribution in [0.4, 0.5) is 0 Å². The van der Waals surface area contributed by atoms with Gasteiger partial charge in [0, 0.05) is 6.04 Å². The van der Waals surface area contributed by atoms with Crippen molar-refractivity contribution in [2.45, 2.75) is 91.5 Å². The van der Waals surface area contributed by atoms with Gasteiger partial charge < -0.3 is 0 Å². The molecule has 0 fully saturated rings. The van der Waals surface area contributed by atoms with Crippen LogP contribution in [0.15, 0.2) is 94.5 Å². The monoisotopic (exact) mass is 667 g/mol. The fraction of sp³-hybridized carbons (Fsp3) is 0.292. The molecule has 0 aliphatic carbocycles. The van der Waals surface area contributed by atoms with Crippen LogP contribution in [0.1, 0.15) is 89.8 Å². The molecule has 9 rings (SSSR count). The third-order valence-electron chi connectivity index (χ3n) is 12.0. The molecule has 0 N–H and O–H groups in total. The first-order valence-electron chi connectivity index (χ1n) is 19.3. The van der Waals surface area contributed by atoms with E-state index >= 15 is 0 Å². The van der Waals surface area contributed by atoms with Crippen molar-refractivity contribution in [2.75, 3.05) is 0 Å². The molecular weight excluding hydrogens is 623 g/mol. The maximum absolute atomic E-state index is 14.9. The smallest absolute Gasteiger partial charge is 0.262 e. The van der Waals surface area contributed by atoms with Gasteiger partial charge in [-0.1, -0.05) is 120 Å². The number of hydrogen-bond acceptors (Lipinski definition) is 2. The average molecular weight is 668 g/mol. The van der Waals surface area contributed by atoms with Crippen LogP contribution in [-0.2, 0) is 12.8 Å². The van der Waals surface area contributed by atoms with Crippen LogP contribution in [-0.4, -0.2) is 4.57 Å². The van der Waals surface area contributed by atoms with Crippen LogP contribution in [0.5, 0.6) is 0 Å². The number of hydrogen-bond donors (Lipinski definition) is 0. The molecule has 254 valence electrons. The van der Waals surface area contributed by atoms with E-state index in [0.29, 0.717) is 10.8 Å². The second-order valence-corrected chi connectivity index (χ2v) is 14.9. The zero-order valence-electron chi connectivity index (χ0n) is 30.3. The summed E-state index contributed by atoms with van der Waals surface area (Å²) in [6.45, 7) is 8.72. The third kappa shape index (κ3) is 4.49. The summed E-state index contributed by atoms with van der Waals surface area (Å²) < 4.78 is 1.62. The highest BCUT2D eigenvalue weighted by Gasteiger charge is 2.30. The molecule has 51 heavy (non-hydrogen) atoms. The highest BCUT2D eigenvalue weighted by atomic mass is 16.2. The largest absolute Gasteiger partial charge is 0.271 e. The number of rotatable bonds is 12. The van der Waals surface area contributed by atoms with Gasteiger partial charge in [0.2, 0.25) is 0 Å². The molecule has 0 aliphatic heterocycles. The summed E-state index contributed by atoms with van der Waals surface area (Å²) in [5.74, 6) is 0. The number of aryl methyl sites for hydroxylation is 2. The van der Waals surface area contributed by atoms with E-state index < -0.39 is 0 Å². The van der Waals surface area contributed by atoms with Crippen molar-refractivity contribution in [3.8, 4) is 22.3 Å². The molecule has 1 unspecified atom stereocenters. The summed E-state index contributed by atoms with van der Waals surface area (Å²) >= 11 is 0. The molecule has 1 heterocycles. The summed E-state index contributed by atoms with van der Waals surface area (Å²) in [5.41, 5.74) is 7.16. The Kier molecular flexibility index (Phi) is 7.72. The summed E-state index contributed by atoms with van der Waals surface area (Å²) in [6, 6.07) is 31.2. The highest BCUT2D eigenvalue weighted by molar-refractivity contribution is 6.50. The summed E-state index contributed by atoms with van der Waals surface area (Å²) in [6.07, 6.45) is 8.97. The van der Waals surface area contributed by atoms with E-state index in [1.165, 1.54) is 54.6 Å². The Morgan fingerprint density at radius 3 is 1.41 bits per heavy atom. The van der Waals surface area contributed by atoms with Crippen molar-refractivity contribution in [1.29, 1.82) is 0 Å². The number of fused-ring (bicyclic) bond motifs is 3. The minimum atomic E-state index is -0.130. The van der Waals surface area contributed by atoms with E-state index in [1.54, 1.807) is 4.57 Å². The van der Waals surface area contributed by atoms with Gasteiger partial charge in [-0.2, -0.15) is 0 Å². The average Bonchev–Trinajstić information content (AvgIpc) is 3.66. The predicted molar refractivity (Wildman–Crippen MR) is 219 cm³/mol. The Morgan fingerprint density at radius 2 is 0.961 bits per heavy atom. The van der Waals surface area contributed by atoms with Crippen molar-refractivity contribution in [3.05, 3.63) is 117 Å². The topological polar surface area (TPSA) is 39.1 Å². The maximum Gasteiger partial charge on any atom is 0.262 e. The molecule has 9 aromatic rings. The predicted octanol–water partition coefficient (Wildman–Crippen LogP) is 12.6. The summed E-state index contributed by atoms with van der Waals surface area (Å²) in [7, 11) is 0. The van der Waals surface area contributed by atoms with Crippen LogP contribution in [0.25, 0.3) is 86.9 Å². The third-order valence-corrected chi connectivity index (χ3v) is 12.0. The Labute approximate surface area is 298 Å². The second-order valence-electron chi connectivity index (χ2n) is 14.9. The van der Waals surface area contributed by atoms with Crippen molar-refractivity contribution in [2.24, 2.45) is 0 Å². The van der Waals surface area contributed by atoms with Crippen LogP contribution >= 0.6 is 0 Å². The van der Waals surface area contributed by atoms with Crippen LogP contribution in [0.2, 0.25) is 0 Å². The molecule has 0 saturated heterocycles. The van der Waals surface area contributed by atoms with E-state index in [2.05, 4.69) is 113 Å². The van der Waals surface area contributed by atoms with Gasteiger partial charge in [0.05, 0.1) is 10.8 Å². The van der Waals surface area contributed by atoms with E-state index in [1.807, 2.05) is 0 Å². The first kappa shape index (κ1) is 31.9. The number of benzene rings is 7. The molecule has 8 aromatic carbocycles. The zero-order valence-corrected chi connectivity index (χ0v) is 30.3. The molecule has 1 aromatic heterocycles.